The summed E-state index contributed by atoms with van der Waals surface area (Å²) >= 11 is 0. The number of ether oxygens (including phenoxy) is 1. The fourth-order valence-corrected chi connectivity index (χ4v) is 5.13. The number of unbranched alkanes of at least 4 members (excludes halogenated alkanes) is 1. The molecule has 1 aliphatic carbocycles. The van der Waals surface area contributed by atoms with Crippen molar-refractivity contribution in [2.45, 2.75) is 75.2 Å². The average Bonchev–Trinajstić information content (AvgIpc) is 3.14. The van der Waals surface area contributed by atoms with E-state index in [-0.39, 0.29) is 11.0 Å². The highest BCUT2D eigenvalue weighted by Gasteiger charge is 2.48. The molecule has 3 nitrogen and oxygen atoms in total. The molecule has 1 atom stereocenters. The maximum absolute atomic E-state index is 6.34. The molecule has 0 unspecified atom stereocenters. The van der Waals surface area contributed by atoms with Gasteiger partial charge in [0.1, 0.15) is 0 Å². The van der Waals surface area contributed by atoms with Crippen molar-refractivity contribution in [2.24, 2.45) is 0 Å². The van der Waals surface area contributed by atoms with E-state index in [9.17, 15) is 0 Å². The quantitative estimate of drug-likeness (QED) is 0.667. The molecular weight excluding hydrogens is 320 g/mol. The largest absolute Gasteiger partial charge is 0.375 e. The first-order valence-electron chi connectivity index (χ1n) is 10.2. The van der Waals surface area contributed by atoms with Gasteiger partial charge in [0.15, 0.2) is 0 Å². The van der Waals surface area contributed by atoms with E-state index in [0.717, 1.165) is 25.9 Å². The number of aromatic nitrogens is 2. The second-order valence-electron chi connectivity index (χ2n) is 8.23. The third-order valence-electron chi connectivity index (χ3n) is 6.47. The highest BCUT2D eigenvalue weighted by Crippen LogP contribution is 2.50. The molecule has 2 aromatic heterocycles. The molecule has 0 amide bonds. The number of nitrogens with zero attached hydrogens (tertiary/aromatic N) is 2. The minimum absolute atomic E-state index is 0.124. The van der Waals surface area contributed by atoms with E-state index in [1.54, 1.807) is 0 Å². The molecule has 1 aliphatic heterocycles. The van der Waals surface area contributed by atoms with Crippen molar-refractivity contribution in [2.75, 3.05) is 6.61 Å². The van der Waals surface area contributed by atoms with Gasteiger partial charge in [-0.15, -0.1) is 0 Å². The Morgan fingerprint density at radius 2 is 1.88 bits per heavy atom. The predicted octanol–water partition coefficient (Wildman–Crippen LogP) is 5.25. The van der Waals surface area contributed by atoms with Crippen LogP contribution in [0.4, 0.5) is 0 Å². The van der Waals surface area contributed by atoms with E-state index in [4.69, 9.17) is 9.72 Å². The summed E-state index contributed by atoms with van der Waals surface area (Å²) in [6, 6.07) is 10.6. The van der Waals surface area contributed by atoms with Crippen LogP contribution in [0.15, 0.2) is 48.9 Å². The fraction of sp³-hybridized carbons (Fsp3) is 0.565. The smallest absolute Gasteiger partial charge is 0.0691 e. The summed E-state index contributed by atoms with van der Waals surface area (Å²) in [5.41, 5.74) is 2.95. The molecule has 1 saturated heterocycles. The molecule has 0 bridgehead atoms. The van der Waals surface area contributed by atoms with Gasteiger partial charge in [0.2, 0.25) is 0 Å². The Balaban J connectivity index is 1.46. The van der Waals surface area contributed by atoms with Crippen molar-refractivity contribution < 1.29 is 4.74 Å². The van der Waals surface area contributed by atoms with E-state index < -0.39 is 0 Å². The van der Waals surface area contributed by atoms with Crippen LogP contribution >= 0.6 is 0 Å². The first kappa shape index (κ1) is 17.7. The molecule has 2 aliphatic rings. The summed E-state index contributed by atoms with van der Waals surface area (Å²) in [4.78, 5) is 9.04. The zero-order valence-electron chi connectivity index (χ0n) is 15.7. The summed E-state index contributed by atoms with van der Waals surface area (Å²) in [6.45, 7) is 0.888. The van der Waals surface area contributed by atoms with E-state index in [1.165, 1.54) is 56.2 Å². The highest BCUT2D eigenvalue weighted by molar-refractivity contribution is 5.20. The van der Waals surface area contributed by atoms with Gasteiger partial charge in [-0.25, -0.2) is 0 Å². The van der Waals surface area contributed by atoms with Gasteiger partial charge in [-0.3, -0.25) is 9.97 Å². The van der Waals surface area contributed by atoms with Crippen LogP contribution in [0.3, 0.4) is 0 Å². The Morgan fingerprint density at radius 3 is 2.65 bits per heavy atom. The van der Waals surface area contributed by atoms with Crippen LogP contribution in [0.2, 0.25) is 0 Å². The van der Waals surface area contributed by atoms with Gasteiger partial charge < -0.3 is 4.74 Å². The third kappa shape index (κ3) is 3.83. The standard InChI is InChI=1S/C23H30N2O/c1(8-20-9-7-15-24-18-20)3-11-22(21-10-2-6-16-25-21)14-17-26-23(19-22)12-4-5-13-23/h2,6-7,9-10,15-16,18H,1,3-5,8,11-14,17,19H2/t22-/m1/s1. The molecule has 2 fully saturated rings. The number of hydrogen-bond acceptors (Lipinski definition) is 3. The topological polar surface area (TPSA) is 35.0 Å². The van der Waals surface area contributed by atoms with Gasteiger partial charge in [0.25, 0.3) is 0 Å². The van der Waals surface area contributed by atoms with Gasteiger partial charge in [-0.2, -0.15) is 0 Å². The molecule has 0 radical (unpaired) electrons. The second-order valence-corrected chi connectivity index (χ2v) is 8.23. The Labute approximate surface area is 157 Å². The van der Waals surface area contributed by atoms with Crippen LogP contribution in [0.1, 0.15) is 69.0 Å². The molecule has 0 aromatic carbocycles. The molecule has 26 heavy (non-hydrogen) atoms. The summed E-state index contributed by atoms with van der Waals surface area (Å²) in [7, 11) is 0. The van der Waals surface area contributed by atoms with Gasteiger partial charge in [0.05, 0.1) is 5.60 Å². The molecule has 1 saturated carbocycles. The Morgan fingerprint density at radius 1 is 0.962 bits per heavy atom. The van der Waals surface area contributed by atoms with E-state index >= 15 is 0 Å². The number of rotatable bonds is 6. The zero-order chi connectivity index (χ0) is 17.7. The SMILES string of the molecule is c1ccc([C@]2(CCCCc3cccnc3)CCOC3(CCCC3)C2)nc1. The van der Waals surface area contributed by atoms with Gasteiger partial charge in [-0.05, 0) is 68.7 Å². The van der Waals surface area contributed by atoms with Crippen LogP contribution < -0.4 is 0 Å². The van der Waals surface area contributed by atoms with Crippen LogP contribution in [0.5, 0.6) is 0 Å². The van der Waals surface area contributed by atoms with Crippen LogP contribution in [0, 0.1) is 0 Å². The van der Waals surface area contributed by atoms with Crippen molar-refractivity contribution in [1.82, 2.24) is 9.97 Å². The predicted molar refractivity (Wildman–Crippen MR) is 104 cm³/mol. The number of pyridine rings is 2. The van der Waals surface area contributed by atoms with Crippen LogP contribution in [-0.2, 0) is 16.6 Å². The zero-order valence-corrected chi connectivity index (χ0v) is 15.7. The maximum Gasteiger partial charge on any atom is 0.0691 e. The lowest BCUT2D eigenvalue weighted by Crippen LogP contribution is -2.46. The maximum atomic E-state index is 6.34. The minimum Gasteiger partial charge on any atom is -0.375 e. The molecular formula is C23H30N2O. The molecule has 3 heteroatoms. The number of hydrogen-bond donors (Lipinski definition) is 0. The average molecular weight is 351 g/mol. The Bertz CT molecular complexity index is 682. The second kappa shape index (κ2) is 7.87. The van der Waals surface area contributed by atoms with E-state index in [2.05, 4.69) is 23.2 Å². The van der Waals surface area contributed by atoms with Crippen molar-refractivity contribution >= 4 is 0 Å². The Kier molecular flexibility index (Phi) is 5.35. The summed E-state index contributed by atoms with van der Waals surface area (Å²) in [6.07, 6.45) is 18.0. The lowest BCUT2D eigenvalue weighted by atomic mass is 9.67. The van der Waals surface area contributed by atoms with Crippen molar-refractivity contribution in [3.63, 3.8) is 0 Å². The molecule has 1 spiro atoms. The minimum atomic E-state index is 0.124. The summed E-state index contributed by atoms with van der Waals surface area (Å²) < 4.78 is 6.34. The van der Waals surface area contributed by atoms with Crippen molar-refractivity contribution in [1.29, 1.82) is 0 Å². The fourth-order valence-electron chi connectivity index (χ4n) is 5.13. The van der Waals surface area contributed by atoms with E-state index in [0.29, 0.717) is 0 Å². The van der Waals surface area contributed by atoms with Gasteiger partial charge in [-0.1, -0.05) is 31.4 Å². The molecule has 0 N–H and O–H groups in total. The number of aryl methyl sites for hydroxylation is 1. The third-order valence-corrected chi connectivity index (χ3v) is 6.47. The first-order valence-corrected chi connectivity index (χ1v) is 10.2. The van der Waals surface area contributed by atoms with Gasteiger partial charge >= 0.3 is 0 Å². The lowest BCUT2D eigenvalue weighted by Gasteiger charge is -2.46. The normalized spacial score (nSPS) is 24.8. The van der Waals surface area contributed by atoms with Crippen LogP contribution in [-0.4, -0.2) is 22.2 Å². The molecule has 3 heterocycles. The molecule has 4 rings (SSSR count). The van der Waals surface area contributed by atoms with Crippen molar-refractivity contribution in [3.8, 4) is 0 Å². The summed E-state index contributed by atoms with van der Waals surface area (Å²) in [5.74, 6) is 0. The molecule has 138 valence electrons. The lowest BCUT2D eigenvalue weighted by molar-refractivity contribution is -0.104. The highest BCUT2D eigenvalue weighted by atomic mass is 16.5. The van der Waals surface area contributed by atoms with Crippen molar-refractivity contribution in [3.05, 3.63) is 60.2 Å². The van der Waals surface area contributed by atoms with E-state index in [1.807, 2.05) is 30.7 Å². The van der Waals surface area contributed by atoms with Gasteiger partial charge in [0, 0.05) is 36.3 Å². The molecule has 2 aromatic rings. The summed E-state index contributed by atoms with van der Waals surface area (Å²) in [5, 5.41) is 0. The first-order chi connectivity index (χ1) is 12.8. The Hall–Kier alpha value is -1.74. The van der Waals surface area contributed by atoms with Crippen LogP contribution in [0.25, 0.3) is 0 Å². The monoisotopic (exact) mass is 350 g/mol.